The smallest absolute Gasteiger partial charge is 0.302 e. The molecule has 0 aromatic heterocycles. The second-order valence-electron chi connectivity index (χ2n) is 10.6. The van der Waals surface area contributed by atoms with E-state index < -0.39 is 5.60 Å². The second-order valence-corrected chi connectivity index (χ2v) is 10.6. The maximum atomic E-state index is 12.0. The summed E-state index contributed by atoms with van der Waals surface area (Å²) in [5.41, 5.74) is -1.43. The van der Waals surface area contributed by atoms with Gasteiger partial charge in [-0.3, -0.25) is 9.59 Å². The van der Waals surface area contributed by atoms with E-state index in [9.17, 15) is 19.8 Å². The monoisotopic (exact) mass is 408 g/mol. The number of esters is 2. The number of carbonyl (C=O) groups excluding carboxylic acids is 2. The highest BCUT2D eigenvalue weighted by Crippen LogP contribution is 2.72. The van der Waals surface area contributed by atoms with E-state index in [0.29, 0.717) is 18.3 Å². The van der Waals surface area contributed by atoms with Crippen LogP contribution in [0.25, 0.3) is 0 Å². The van der Waals surface area contributed by atoms with Crippen molar-refractivity contribution in [1.82, 2.24) is 0 Å². The Morgan fingerprint density at radius 3 is 2.28 bits per heavy atom. The molecule has 0 heterocycles. The predicted molar refractivity (Wildman–Crippen MR) is 106 cm³/mol. The molecule has 29 heavy (non-hydrogen) atoms. The van der Waals surface area contributed by atoms with Gasteiger partial charge in [0, 0.05) is 43.6 Å². The van der Waals surface area contributed by atoms with Gasteiger partial charge in [-0.15, -0.1) is 0 Å². The summed E-state index contributed by atoms with van der Waals surface area (Å²) in [6, 6.07) is 0. The average Bonchev–Trinajstić information content (AvgIpc) is 3.04. The van der Waals surface area contributed by atoms with Crippen molar-refractivity contribution in [3.8, 4) is 0 Å². The lowest BCUT2D eigenvalue weighted by Crippen LogP contribution is -2.55. The molecule has 0 saturated heterocycles. The van der Waals surface area contributed by atoms with Gasteiger partial charge in [-0.25, -0.2) is 0 Å². The van der Waals surface area contributed by atoms with Gasteiger partial charge in [0.25, 0.3) is 0 Å². The minimum absolute atomic E-state index is 0.0646. The van der Waals surface area contributed by atoms with Crippen molar-refractivity contribution < 1.29 is 29.3 Å². The molecule has 0 aromatic carbocycles. The van der Waals surface area contributed by atoms with Crippen LogP contribution in [0.15, 0.2) is 0 Å². The number of fused-ring (bicyclic) bond motifs is 5. The third kappa shape index (κ3) is 2.88. The molecule has 0 amide bonds. The van der Waals surface area contributed by atoms with Gasteiger partial charge in [-0.05, 0) is 56.3 Å². The number of hydrogen-bond donors (Lipinski definition) is 2. The predicted octanol–water partition coefficient (Wildman–Crippen LogP) is 2.84. The van der Waals surface area contributed by atoms with E-state index in [4.69, 9.17) is 9.47 Å². The Morgan fingerprint density at radius 1 is 0.966 bits per heavy atom. The van der Waals surface area contributed by atoms with Crippen LogP contribution >= 0.6 is 0 Å². The minimum atomic E-state index is -1.04. The number of aliphatic hydroxyl groups is 2. The zero-order valence-corrected chi connectivity index (χ0v) is 18.1. The normalized spacial score (nSPS) is 51.0. The summed E-state index contributed by atoms with van der Waals surface area (Å²) >= 11 is 0. The summed E-state index contributed by atoms with van der Waals surface area (Å²) in [6.07, 6.45) is 5.37. The first-order valence-electron chi connectivity index (χ1n) is 11.2. The Hall–Kier alpha value is -1.14. The van der Waals surface area contributed by atoms with Gasteiger partial charge in [0.15, 0.2) is 0 Å². The zero-order valence-electron chi connectivity index (χ0n) is 18.1. The molecule has 9 atom stereocenters. The van der Waals surface area contributed by atoms with Crippen molar-refractivity contribution in [3.05, 3.63) is 0 Å². The molecule has 6 heteroatoms. The van der Waals surface area contributed by atoms with E-state index >= 15 is 0 Å². The van der Waals surface area contributed by atoms with Crippen molar-refractivity contribution in [1.29, 1.82) is 0 Å². The van der Waals surface area contributed by atoms with E-state index in [1.54, 1.807) is 0 Å². The third-order valence-corrected chi connectivity index (χ3v) is 9.49. The number of hydrogen-bond acceptors (Lipinski definition) is 6. The molecule has 0 unspecified atom stereocenters. The molecule has 0 aromatic rings. The largest absolute Gasteiger partial charge is 0.462 e. The first-order chi connectivity index (χ1) is 13.6. The molecule has 4 fully saturated rings. The lowest BCUT2D eigenvalue weighted by molar-refractivity contribution is -0.177. The van der Waals surface area contributed by atoms with Crippen LogP contribution in [0, 0.1) is 34.5 Å². The fraction of sp³-hybridized carbons (Fsp3) is 0.913. The van der Waals surface area contributed by atoms with Crippen LogP contribution in [-0.4, -0.2) is 46.6 Å². The van der Waals surface area contributed by atoms with Crippen LogP contribution in [0.1, 0.15) is 72.6 Å². The molecule has 0 aliphatic heterocycles. The van der Waals surface area contributed by atoms with E-state index in [1.165, 1.54) is 13.8 Å². The molecule has 0 spiro atoms. The van der Waals surface area contributed by atoms with E-state index in [-0.39, 0.29) is 53.4 Å². The lowest BCUT2D eigenvalue weighted by Gasteiger charge is -2.52. The van der Waals surface area contributed by atoms with E-state index in [0.717, 1.165) is 38.5 Å². The highest BCUT2D eigenvalue weighted by Gasteiger charge is 2.72. The number of carbonyl (C=O) groups is 2. The molecular weight excluding hydrogens is 372 g/mol. The second kappa shape index (κ2) is 6.94. The van der Waals surface area contributed by atoms with Crippen LogP contribution in [0.4, 0.5) is 0 Å². The summed E-state index contributed by atoms with van der Waals surface area (Å²) in [5.74, 6) is 0.0683. The van der Waals surface area contributed by atoms with Crippen LogP contribution in [0.5, 0.6) is 0 Å². The first-order valence-corrected chi connectivity index (χ1v) is 11.2. The molecule has 2 N–H and O–H groups in total. The van der Waals surface area contributed by atoms with Crippen molar-refractivity contribution in [3.63, 3.8) is 0 Å². The quantitative estimate of drug-likeness (QED) is 0.698. The first kappa shape index (κ1) is 21.1. The lowest BCUT2D eigenvalue weighted by atomic mass is 9.55. The number of aliphatic hydroxyl groups excluding tert-OH is 1. The average molecular weight is 409 g/mol. The summed E-state index contributed by atoms with van der Waals surface area (Å²) < 4.78 is 11.2. The summed E-state index contributed by atoms with van der Waals surface area (Å²) in [7, 11) is 0. The molecule has 4 rings (SSSR count). The van der Waals surface area contributed by atoms with Gasteiger partial charge >= 0.3 is 11.9 Å². The standard InChI is InChI=1S/C23H36O6/c1-13(25)28-15-7-10-22(4)17-8-9-21(3)16(5-6-19(21)29-14(2)26)20(17)18(12-24)23(22,27)11-15/h15-20,24,27H,5-12H2,1-4H3/t15-,16-,17-,18+,19+,20+,21-,22+,23-/m1/s1. The van der Waals surface area contributed by atoms with Crippen LogP contribution < -0.4 is 0 Å². The van der Waals surface area contributed by atoms with Gasteiger partial charge in [0.1, 0.15) is 12.2 Å². The van der Waals surface area contributed by atoms with Gasteiger partial charge in [-0.2, -0.15) is 0 Å². The van der Waals surface area contributed by atoms with Gasteiger partial charge in [0.2, 0.25) is 0 Å². The Morgan fingerprint density at radius 2 is 1.66 bits per heavy atom. The van der Waals surface area contributed by atoms with Crippen LogP contribution in [0.3, 0.4) is 0 Å². The fourth-order valence-corrected chi connectivity index (χ4v) is 8.21. The van der Waals surface area contributed by atoms with E-state index in [2.05, 4.69) is 13.8 Å². The van der Waals surface area contributed by atoms with Gasteiger partial charge in [0.05, 0.1) is 5.60 Å². The molecular formula is C23H36O6. The molecule has 164 valence electrons. The summed E-state index contributed by atoms with van der Waals surface area (Å²) in [5, 5.41) is 22.5. The Labute approximate surface area is 173 Å². The minimum Gasteiger partial charge on any atom is -0.462 e. The highest BCUT2D eigenvalue weighted by atomic mass is 16.5. The van der Waals surface area contributed by atoms with Gasteiger partial charge < -0.3 is 19.7 Å². The molecule has 6 nitrogen and oxygen atoms in total. The van der Waals surface area contributed by atoms with Crippen LogP contribution in [-0.2, 0) is 19.1 Å². The molecule has 4 saturated carbocycles. The summed E-state index contributed by atoms with van der Waals surface area (Å²) in [4.78, 5) is 23.2. The van der Waals surface area contributed by atoms with Gasteiger partial charge in [-0.1, -0.05) is 13.8 Å². The maximum absolute atomic E-state index is 12.0. The van der Waals surface area contributed by atoms with Crippen LogP contribution in [0.2, 0.25) is 0 Å². The van der Waals surface area contributed by atoms with Crippen molar-refractivity contribution in [2.45, 2.75) is 90.4 Å². The topological polar surface area (TPSA) is 93.1 Å². The third-order valence-electron chi connectivity index (χ3n) is 9.49. The maximum Gasteiger partial charge on any atom is 0.302 e. The van der Waals surface area contributed by atoms with Crippen molar-refractivity contribution in [2.75, 3.05) is 6.61 Å². The Bertz CT molecular complexity index is 693. The number of ether oxygens (including phenoxy) is 2. The molecule has 4 aliphatic rings. The highest BCUT2D eigenvalue weighted by molar-refractivity contribution is 5.66. The SMILES string of the molecule is CC(=O)O[C@@H]1CC[C@@]2(C)[C@@H]3CC[C@@]4(C)[C@@H](OC(C)=O)CC[C@@H]4[C@@H]3[C@H](CO)[C@]2(O)C1. The van der Waals surface area contributed by atoms with Crippen molar-refractivity contribution in [2.24, 2.45) is 34.5 Å². The molecule has 0 radical (unpaired) electrons. The zero-order chi connectivity index (χ0) is 21.2. The molecule has 4 aliphatic carbocycles. The van der Waals surface area contributed by atoms with Crippen molar-refractivity contribution >= 4 is 11.9 Å². The Kier molecular flexibility index (Phi) is 5.05. The Balaban J connectivity index is 1.67. The van der Waals surface area contributed by atoms with E-state index in [1.807, 2.05) is 0 Å². The fourth-order valence-electron chi connectivity index (χ4n) is 8.21. The summed E-state index contributed by atoms with van der Waals surface area (Å²) in [6.45, 7) is 7.24. The number of rotatable bonds is 3. The molecule has 0 bridgehead atoms.